The highest BCUT2D eigenvalue weighted by Crippen LogP contribution is 2.31. The molecule has 4 rings (SSSR count). The Labute approximate surface area is 204 Å². The maximum Gasteiger partial charge on any atom is 0.269 e. The predicted octanol–water partition coefficient (Wildman–Crippen LogP) is 6.33. The van der Waals surface area contributed by atoms with Gasteiger partial charge in [0.2, 0.25) is 10.0 Å². The van der Waals surface area contributed by atoms with Gasteiger partial charge in [0, 0.05) is 12.1 Å². The van der Waals surface area contributed by atoms with Crippen molar-refractivity contribution in [2.24, 2.45) is 0 Å². The fraction of sp³-hybridized carbons (Fsp3) is 0.111. The number of nitro groups is 1. The van der Waals surface area contributed by atoms with Crippen molar-refractivity contribution in [1.29, 1.82) is 0 Å². The minimum atomic E-state index is -3.59. The molecule has 0 aliphatic heterocycles. The minimum Gasteiger partial charge on any atom is -0.457 e. The molecule has 0 saturated carbocycles. The van der Waals surface area contributed by atoms with Gasteiger partial charge in [0.25, 0.3) is 5.69 Å². The number of para-hydroxylation sites is 1. The molecule has 0 heterocycles. The highest BCUT2D eigenvalue weighted by molar-refractivity contribution is 7.92. The molecule has 0 atom stereocenters. The van der Waals surface area contributed by atoms with Crippen LogP contribution in [0.15, 0.2) is 97.1 Å². The van der Waals surface area contributed by atoms with Crippen LogP contribution in [0, 0.1) is 17.0 Å². The van der Waals surface area contributed by atoms with E-state index in [9.17, 15) is 18.5 Å². The first-order chi connectivity index (χ1) is 16.7. The zero-order valence-corrected chi connectivity index (χ0v) is 20.1. The number of hydrogen-bond donors (Lipinski definition) is 0. The van der Waals surface area contributed by atoms with Gasteiger partial charge in [0.05, 0.1) is 23.4 Å². The molecular weight excluding hydrogens is 464 g/mol. The van der Waals surface area contributed by atoms with Gasteiger partial charge in [-0.2, -0.15) is 0 Å². The first kappa shape index (κ1) is 24.0. The van der Waals surface area contributed by atoms with Gasteiger partial charge in [-0.15, -0.1) is 0 Å². The molecule has 0 radical (unpaired) electrons. The number of anilines is 1. The molecule has 7 nitrogen and oxygen atoms in total. The van der Waals surface area contributed by atoms with Gasteiger partial charge in [0.1, 0.15) is 11.5 Å². The summed E-state index contributed by atoms with van der Waals surface area (Å²) in [6.07, 6.45) is 1.15. The Morgan fingerprint density at radius 1 is 0.857 bits per heavy atom. The molecule has 0 N–H and O–H groups in total. The lowest BCUT2D eigenvalue weighted by Crippen LogP contribution is -2.29. The Balaban J connectivity index is 1.56. The largest absolute Gasteiger partial charge is 0.457 e. The molecule has 0 spiro atoms. The molecule has 0 aliphatic carbocycles. The topological polar surface area (TPSA) is 89.8 Å². The number of non-ortho nitro benzene ring substituents is 1. The Morgan fingerprint density at radius 2 is 1.49 bits per heavy atom. The fourth-order valence-electron chi connectivity index (χ4n) is 3.74. The quantitative estimate of drug-likeness (QED) is 0.214. The van der Waals surface area contributed by atoms with Crippen molar-refractivity contribution in [1.82, 2.24) is 0 Å². The number of rotatable bonds is 8. The molecular formula is C27H24N2O5S. The monoisotopic (exact) mass is 488 g/mol. The fourth-order valence-corrected chi connectivity index (χ4v) is 4.62. The highest BCUT2D eigenvalue weighted by Gasteiger charge is 2.19. The van der Waals surface area contributed by atoms with Gasteiger partial charge in [-0.05, 0) is 65.6 Å². The number of nitro benzene ring substituents is 1. The molecule has 0 amide bonds. The van der Waals surface area contributed by atoms with E-state index in [1.165, 1.54) is 16.4 Å². The zero-order chi connectivity index (χ0) is 25.0. The maximum atomic E-state index is 12.6. The molecule has 4 aromatic carbocycles. The van der Waals surface area contributed by atoms with Gasteiger partial charge < -0.3 is 4.74 Å². The Hall–Kier alpha value is -4.17. The van der Waals surface area contributed by atoms with Gasteiger partial charge in [-0.1, -0.05) is 48.5 Å². The van der Waals surface area contributed by atoms with Crippen LogP contribution in [-0.2, 0) is 16.6 Å². The van der Waals surface area contributed by atoms with E-state index in [1.807, 2.05) is 73.7 Å². The molecule has 178 valence electrons. The van der Waals surface area contributed by atoms with Crippen molar-refractivity contribution in [3.05, 3.63) is 118 Å². The predicted molar refractivity (Wildman–Crippen MR) is 137 cm³/mol. The van der Waals surface area contributed by atoms with Crippen molar-refractivity contribution in [2.45, 2.75) is 13.5 Å². The lowest BCUT2D eigenvalue weighted by Gasteiger charge is -2.23. The van der Waals surface area contributed by atoms with E-state index in [-0.39, 0.29) is 12.2 Å². The molecule has 0 aromatic heterocycles. The third kappa shape index (κ3) is 5.85. The third-order valence-electron chi connectivity index (χ3n) is 5.52. The van der Waals surface area contributed by atoms with Crippen molar-refractivity contribution in [3.63, 3.8) is 0 Å². The van der Waals surface area contributed by atoms with Crippen LogP contribution < -0.4 is 9.04 Å². The highest BCUT2D eigenvalue weighted by atomic mass is 32.2. The lowest BCUT2D eigenvalue weighted by molar-refractivity contribution is -0.384. The normalized spacial score (nSPS) is 11.1. The van der Waals surface area contributed by atoms with Crippen LogP contribution in [0.5, 0.6) is 11.5 Å². The number of ether oxygens (including phenoxy) is 1. The van der Waals surface area contributed by atoms with E-state index in [1.54, 1.807) is 18.2 Å². The summed E-state index contributed by atoms with van der Waals surface area (Å²) in [5.74, 6) is 1.48. The standard InChI is InChI=1S/C27H24N2O5S/c1-20-18-24(28(35(2,32)33)19-21-8-12-23(13-9-21)29(30)31)14-17-27(20)22-10-15-26(16-11-22)34-25-6-4-3-5-7-25/h3-18H,19H2,1-2H3. The van der Waals surface area contributed by atoms with Gasteiger partial charge in [-0.25, -0.2) is 8.42 Å². The van der Waals surface area contributed by atoms with Crippen molar-refractivity contribution in [2.75, 3.05) is 10.6 Å². The summed E-state index contributed by atoms with van der Waals surface area (Å²) in [4.78, 5) is 10.4. The summed E-state index contributed by atoms with van der Waals surface area (Å²) >= 11 is 0. The van der Waals surface area contributed by atoms with E-state index >= 15 is 0 Å². The van der Waals surface area contributed by atoms with Crippen LogP contribution in [-0.4, -0.2) is 19.6 Å². The molecule has 4 aromatic rings. The zero-order valence-electron chi connectivity index (χ0n) is 19.3. The molecule has 8 heteroatoms. The second-order valence-corrected chi connectivity index (χ2v) is 10.0. The van der Waals surface area contributed by atoms with Crippen LogP contribution in [0.2, 0.25) is 0 Å². The van der Waals surface area contributed by atoms with Crippen LogP contribution in [0.1, 0.15) is 11.1 Å². The Kier molecular flexibility index (Phi) is 6.84. The minimum absolute atomic E-state index is 0.0416. The average molecular weight is 489 g/mol. The molecule has 0 fully saturated rings. The summed E-state index contributed by atoms with van der Waals surface area (Å²) < 4.78 is 32.3. The molecule has 35 heavy (non-hydrogen) atoms. The Morgan fingerprint density at radius 3 is 2.06 bits per heavy atom. The molecule has 0 saturated heterocycles. The van der Waals surface area contributed by atoms with Crippen molar-refractivity contribution >= 4 is 21.4 Å². The number of aryl methyl sites for hydroxylation is 1. The molecule has 0 bridgehead atoms. The van der Waals surface area contributed by atoms with Crippen LogP contribution >= 0.6 is 0 Å². The smallest absolute Gasteiger partial charge is 0.269 e. The van der Waals surface area contributed by atoms with Gasteiger partial charge >= 0.3 is 0 Å². The van der Waals surface area contributed by atoms with E-state index in [2.05, 4.69) is 0 Å². The first-order valence-electron chi connectivity index (χ1n) is 10.9. The van der Waals surface area contributed by atoms with Crippen molar-refractivity contribution < 1.29 is 18.1 Å². The van der Waals surface area contributed by atoms with Crippen LogP contribution in [0.4, 0.5) is 11.4 Å². The van der Waals surface area contributed by atoms with Gasteiger partial charge in [-0.3, -0.25) is 14.4 Å². The number of benzene rings is 4. The number of nitrogens with zero attached hydrogens (tertiary/aromatic N) is 2. The third-order valence-corrected chi connectivity index (χ3v) is 6.66. The SMILES string of the molecule is Cc1cc(N(Cc2ccc([N+](=O)[O-])cc2)S(C)(=O)=O)ccc1-c1ccc(Oc2ccccc2)cc1. The summed E-state index contributed by atoms with van der Waals surface area (Å²) in [5, 5.41) is 10.9. The maximum absolute atomic E-state index is 12.6. The summed E-state index contributed by atoms with van der Waals surface area (Å²) in [7, 11) is -3.59. The number of sulfonamides is 1. The Bertz CT molecular complexity index is 1440. The van der Waals surface area contributed by atoms with E-state index in [0.29, 0.717) is 11.3 Å². The van der Waals surface area contributed by atoms with Crippen molar-refractivity contribution in [3.8, 4) is 22.6 Å². The average Bonchev–Trinajstić information content (AvgIpc) is 2.83. The van der Waals surface area contributed by atoms with E-state index < -0.39 is 14.9 Å². The molecule has 0 unspecified atom stereocenters. The van der Waals surface area contributed by atoms with E-state index in [4.69, 9.17) is 4.74 Å². The summed E-state index contributed by atoms with van der Waals surface area (Å²) in [5.41, 5.74) is 4.00. The summed E-state index contributed by atoms with van der Waals surface area (Å²) in [6, 6.07) is 28.6. The lowest BCUT2D eigenvalue weighted by atomic mass is 10.00. The van der Waals surface area contributed by atoms with Crippen LogP contribution in [0.3, 0.4) is 0 Å². The number of hydrogen-bond acceptors (Lipinski definition) is 5. The van der Waals surface area contributed by atoms with Crippen LogP contribution in [0.25, 0.3) is 11.1 Å². The van der Waals surface area contributed by atoms with E-state index in [0.717, 1.165) is 34.4 Å². The van der Waals surface area contributed by atoms with Gasteiger partial charge in [0.15, 0.2) is 0 Å². The summed E-state index contributed by atoms with van der Waals surface area (Å²) in [6.45, 7) is 2.00. The second-order valence-electron chi connectivity index (χ2n) is 8.13. The second kappa shape index (κ2) is 9.99. The molecule has 0 aliphatic rings. The first-order valence-corrected chi connectivity index (χ1v) is 12.7.